The minimum absolute atomic E-state index is 0.0113. The predicted octanol–water partition coefficient (Wildman–Crippen LogP) is 4.98. The van der Waals surface area contributed by atoms with Gasteiger partial charge in [0.15, 0.2) is 0 Å². The minimum atomic E-state index is 0.0113. The zero-order chi connectivity index (χ0) is 23.6. The summed E-state index contributed by atoms with van der Waals surface area (Å²) >= 11 is 1.85. The SMILES string of the molecule is Cc1cccc(CSCCNC(=O)c2ccc(CN3CCN(Cc4ccccc4)CC3)cc2)c1. The highest BCUT2D eigenvalue weighted by Gasteiger charge is 2.17. The van der Waals surface area contributed by atoms with Gasteiger partial charge in [0.1, 0.15) is 0 Å². The number of amides is 1. The smallest absolute Gasteiger partial charge is 0.251 e. The highest BCUT2D eigenvalue weighted by molar-refractivity contribution is 7.98. The molecule has 1 fully saturated rings. The van der Waals surface area contributed by atoms with Crippen molar-refractivity contribution < 1.29 is 4.79 Å². The van der Waals surface area contributed by atoms with Crippen molar-refractivity contribution in [1.29, 1.82) is 0 Å². The summed E-state index contributed by atoms with van der Waals surface area (Å²) in [6, 6.07) is 27.4. The van der Waals surface area contributed by atoms with Gasteiger partial charge in [0, 0.05) is 62.9 Å². The molecule has 178 valence electrons. The van der Waals surface area contributed by atoms with Crippen molar-refractivity contribution in [2.75, 3.05) is 38.5 Å². The number of hydrogen-bond donors (Lipinski definition) is 1. The molecule has 0 unspecified atom stereocenters. The predicted molar refractivity (Wildman–Crippen MR) is 143 cm³/mol. The molecule has 1 saturated heterocycles. The van der Waals surface area contributed by atoms with Gasteiger partial charge in [0.05, 0.1) is 0 Å². The van der Waals surface area contributed by atoms with Crippen LogP contribution in [0.25, 0.3) is 0 Å². The number of rotatable bonds is 10. The quantitative estimate of drug-likeness (QED) is 0.422. The number of thioether (sulfide) groups is 1. The average Bonchev–Trinajstić information content (AvgIpc) is 2.86. The van der Waals surface area contributed by atoms with Crippen molar-refractivity contribution in [1.82, 2.24) is 15.1 Å². The molecule has 0 bridgehead atoms. The fourth-order valence-electron chi connectivity index (χ4n) is 4.30. The van der Waals surface area contributed by atoms with Gasteiger partial charge in [-0.3, -0.25) is 14.6 Å². The van der Waals surface area contributed by atoms with Gasteiger partial charge in [-0.25, -0.2) is 0 Å². The van der Waals surface area contributed by atoms with E-state index in [1.807, 2.05) is 23.9 Å². The Morgan fingerprint density at radius 2 is 1.41 bits per heavy atom. The molecule has 0 saturated carbocycles. The second-order valence-corrected chi connectivity index (χ2v) is 10.1. The normalized spacial score (nSPS) is 14.7. The third-order valence-electron chi connectivity index (χ3n) is 6.22. The van der Waals surface area contributed by atoms with Gasteiger partial charge in [-0.2, -0.15) is 11.8 Å². The largest absolute Gasteiger partial charge is 0.351 e. The van der Waals surface area contributed by atoms with Crippen LogP contribution in [0.3, 0.4) is 0 Å². The summed E-state index contributed by atoms with van der Waals surface area (Å²) < 4.78 is 0. The number of nitrogens with zero attached hydrogens (tertiary/aromatic N) is 2. The molecular formula is C29H35N3OS. The maximum absolute atomic E-state index is 12.5. The third-order valence-corrected chi connectivity index (χ3v) is 7.25. The first-order valence-electron chi connectivity index (χ1n) is 12.1. The first kappa shape index (κ1) is 24.5. The molecule has 3 aromatic rings. The van der Waals surface area contributed by atoms with E-state index in [2.05, 4.69) is 88.8 Å². The van der Waals surface area contributed by atoms with Crippen molar-refractivity contribution in [2.45, 2.75) is 25.8 Å². The van der Waals surface area contributed by atoms with Crippen LogP contribution in [0.5, 0.6) is 0 Å². The fourth-order valence-corrected chi connectivity index (χ4v) is 5.10. The number of hydrogen-bond acceptors (Lipinski definition) is 4. The minimum Gasteiger partial charge on any atom is -0.351 e. The molecule has 0 spiro atoms. The van der Waals surface area contributed by atoms with E-state index in [0.29, 0.717) is 6.54 Å². The second kappa shape index (κ2) is 12.7. The van der Waals surface area contributed by atoms with Crippen LogP contribution in [-0.2, 0) is 18.8 Å². The Labute approximate surface area is 208 Å². The Hall–Kier alpha value is -2.60. The number of carbonyl (C=O) groups excluding carboxylic acids is 1. The standard InChI is InChI=1S/C29H35N3OS/c1-24-6-5-9-27(20-24)23-34-19-14-30-29(33)28-12-10-26(11-13-28)22-32-17-15-31(16-18-32)21-25-7-3-2-4-8-25/h2-13,20H,14-19,21-23H2,1H3,(H,30,33). The maximum Gasteiger partial charge on any atom is 0.251 e. The number of nitrogens with one attached hydrogen (secondary N) is 1. The summed E-state index contributed by atoms with van der Waals surface area (Å²) in [6.45, 7) is 9.12. The van der Waals surface area contributed by atoms with Crippen LogP contribution < -0.4 is 5.32 Å². The topological polar surface area (TPSA) is 35.6 Å². The van der Waals surface area contributed by atoms with E-state index in [0.717, 1.165) is 56.3 Å². The number of aryl methyl sites for hydroxylation is 1. The van der Waals surface area contributed by atoms with Crippen LogP contribution in [0.4, 0.5) is 0 Å². The van der Waals surface area contributed by atoms with Gasteiger partial charge in [0.25, 0.3) is 5.91 Å². The van der Waals surface area contributed by atoms with E-state index in [1.165, 1.54) is 22.3 Å². The van der Waals surface area contributed by atoms with E-state index in [4.69, 9.17) is 0 Å². The molecule has 1 heterocycles. The van der Waals surface area contributed by atoms with Crippen molar-refractivity contribution in [3.05, 3.63) is 107 Å². The molecule has 3 aromatic carbocycles. The van der Waals surface area contributed by atoms with Gasteiger partial charge in [-0.15, -0.1) is 0 Å². The summed E-state index contributed by atoms with van der Waals surface area (Å²) in [7, 11) is 0. The van der Waals surface area contributed by atoms with Crippen LogP contribution in [0.2, 0.25) is 0 Å². The fraction of sp³-hybridized carbons (Fsp3) is 0.345. The van der Waals surface area contributed by atoms with Gasteiger partial charge in [-0.05, 0) is 35.7 Å². The monoisotopic (exact) mass is 473 g/mol. The van der Waals surface area contributed by atoms with E-state index in [9.17, 15) is 4.79 Å². The van der Waals surface area contributed by atoms with E-state index < -0.39 is 0 Å². The number of benzene rings is 3. The Morgan fingerprint density at radius 1 is 0.794 bits per heavy atom. The van der Waals surface area contributed by atoms with Crippen molar-refractivity contribution in [3.8, 4) is 0 Å². The summed E-state index contributed by atoms with van der Waals surface area (Å²) in [4.78, 5) is 17.5. The van der Waals surface area contributed by atoms with Gasteiger partial charge in [0.2, 0.25) is 0 Å². The Kier molecular flexibility index (Phi) is 9.19. The Morgan fingerprint density at radius 3 is 2.06 bits per heavy atom. The highest BCUT2D eigenvalue weighted by Crippen LogP contribution is 2.14. The molecule has 1 aliphatic heterocycles. The van der Waals surface area contributed by atoms with Gasteiger partial charge in [-0.1, -0.05) is 72.3 Å². The highest BCUT2D eigenvalue weighted by atomic mass is 32.2. The zero-order valence-electron chi connectivity index (χ0n) is 20.1. The summed E-state index contributed by atoms with van der Waals surface area (Å²) in [5, 5.41) is 3.05. The molecule has 4 nitrogen and oxygen atoms in total. The Balaban J connectivity index is 1.13. The van der Waals surface area contributed by atoms with E-state index >= 15 is 0 Å². The van der Waals surface area contributed by atoms with Gasteiger partial charge < -0.3 is 5.32 Å². The van der Waals surface area contributed by atoms with Crippen LogP contribution in [0.1, 0.15) is 32.6 Å². The second-order valence-electron chi connectivity index (χ2n) is 9.03. The van der Waals surface area contributed by atoms with Crippen molar-refractivity contribution in [2.24, 2.45) is 0 Å². The lowest BCUT2D eigenvalue weighted by atomic mass is 10.1. The van der Waals surface area contributed by atoms with Crippen LogP contribution >= 0.6 is 11.8 Å². The third kappa shape index (κ3) is 7.73. The van der Waals surface area contributed by atoms with Crippen LogP contribution in [-0.4, -0.2) is 54.2 Å². The molecule has 4 rings (SSSR count). The molecule has 0 aromatic heterocycles. The first-order valence-corrected chi connectivity index (χ1v) is 13.3. The molecule has 5 heteroatoms. The number of piperazine rings is 1. The lowest BCUT2D eigenvalue weighted by molar-refractivity contribution is 0.0956. The molecule has 1 aliphatic rings. The lowest BCUT2D eigenvalue weighted by Gasteiger charge is -2.34. The summed E-state index contributed by atoms with van der Waals surface area (Å²) in [6.07, 6.45) is 0. The van der Waals surface area contributed by atoms with Crippen LogP contribution in [0.15, 0.2) is 78.9 Å². The molecule has 1 N–H and O–H groups in total. The van der Waals surface area contributed by atoms with Crippen molar-refractivity contribution in [3.63, 3.8) is 0 Å². The summed E-state index contributed by atoms with van der Waals surface area (Å²) in [5.41, 5.74) is 6.02. The summed E-state index contributed by atoms with van der Waals surface area (Å²) in [5.74, 6) is 1.90. The van der Waals surface area contributed by atoms with Crippen molar-refractivity contribution >= 4 is 17.7 Å². The zero-order valence-corrected chi connectivity index (χ0v) is 20.9. The Bertz CT molecular complexity index is 1030. The molecular weight excluding hydrogens is 438 g/mol. The molecule has 0 atom stereocenters. The van der Waals surface area contributed by atoms with Gasteiger partial charge >= 0.3 is 0 Å². The molecule has 0 aliphatic carbocycles. The first-order chi connectivity index (χ1) is 16.7. The lowest BCUT2D eigenvalue weighted by Crippen LogP contribution is -2.45. The average molecular weight is 474 g/mol. The van der Waals surface area contributed by atoms with Crippen LogP contribution in [0, 0.1) is 6.92 Å². The number of carbonyl (C=O) groups is 1. The maximum atomic E-state index is 12.5. The molecule has 34 heavy (non-hydrogen) atoms. The molecule has 1 amide bonds. The van der Waals surface area contributed by atoms with E-state index in [-0.39, 0.29) is 5.91 Å². The molecule has 0 radical (unpaired) electrons. The van der Waals surface area contributed by atoms with E-state index in [1.54, 1.807) is 0 Å².